The van der Waals surface area contributed by atoms with Crippen LogP contribution in [0.2, 0.25) is 5.02 Å². The molecule has 1 fully saturated rings. The second-order valence-corrected chi connectivity index (χ2v) is 5.45. The van der Waals surface area contributed by atoms with Crippen molar-refractivity contribution in [1.82, 2.24) is 10.3 Å². The van der Waals surface area contributed by atoms with Gasteiger partial charge in [0, 0.05) is 12.8 Å². The van der Waals surface area contributed by atoms with Crippen molar-refractivity contribution in [2.75, 3.05) is 13.2 Å². The van der Waals surface area contributed by atoms with E-state index >= 15 is 0 Å². The zero-order chi connectivity index (χ0) is 13.5. The van der Waals surface area contributed by atoms with Crippen molar-refractivity contribution in [1.29, 1.82) is 0 Å². The molecule has 2 atom stereocenters. The van der Waals surface area contributed by atoms with Crippen LogP contribution in [0, 0.1) is 0 Å². The SMILES string of the molecule is CCNC(CCCC1CCCO1)c1ncccc1Cl. The second kappa shape index (κ2) is 7.83. The molecule has 3 nitrogen and oxygen atoms in total. The maximum Gasteiger partial charge on any atom is 0.0758 e. The molecule has 0 aliphatic carbocycles. The molecular formula is C15H23ClN2O. The fourth-order valence-electron chi connectivity index (χ4n) is 2.66. The Labute approximate surface area is 120 Å². The van der Waals surface area contributed by atoms with Gasteiger partial charge in [-0.3, -0.25) is 4.98 Å². The van der Waals surface area contributed by atoms with Crippen molar-refractivity contribution in [3.63, 3.8) is 0 Å². The summed E-state index contributed by atoms with van der Waals surface area (Å²) in [6, 6.07) is 4.04. The van der Waals surface area contributed by atoms with Crippen LogP contribution in [0.1, 0.15) is 50.8 Å². The van der Waals surface area contributed by atoms with Crippen LogP contribution < -0.4 is 5.32 Å². The molecular weight excluding hydrogens is 260 g/mol. The summed E-state index contributed by atoms with van der Waals surface area (Å²) in [4.78, 5) is 4.42. The molecule has 0 radical (unpaired) electrons. The molecule has 1 aliphatic rings. The first-order chi connectivity index (χ1) is 9.31. The third-order valence-corrected chi connectivity index (χ3v) is 3.93. The molecule has 1 saturated heterocycles. The van der Waals surface area contributed by atoms with Gasteiger partial charge >= 0.3 is 0 Å². The Morgan fingerprint density at radius 1 is 1.58 bits per heavy atom. The van der Waals surface area contributed by atoms with Crippen LogP contribution in [0.5, 0.6) is 0 Å². The monoisotopic (exact) mass is 282 g/mol. The molecule has 1 N–H and O–H groups in total. The van der Waals surface area contributed by atoms with Crippen LogP contribution in [-0.2, 0) is 4.74 Å². The first kappa shape index (κ1) is 14.8. The summed E-state index contributed by atoms with van der Waals surface area (Å²) in [5.74, 6) is 0. The van der Waals surface area contributed by atoms with E-state index in [1.807, 2.05) is 18.3 Å². The lowest BCUT2D eigenvalue weighted by atomic mass is 10.0. The van der Waals surface area contributed by atoms with Gasteiger partial charge in [0.05, 0.1) is 22.9 Å². The van der Waals surface area contributed by atoms with Crippen molar-refractivity contribution < 1.29 is 4.74 Å². The number of aromatic nitrogens is 1. The molecule has 1 aromatic rings. The Morgan fingerprint density at radius 3 is 3.16 bits per heavy atom. The molecule has 0 saturated carbocycles. The number of nitrogens with zero attached hydrogens (tertiary/aromatic N) is 1. The van der Waals surface area contributed by atoms with Gasteiger partial charge in [0.1, 0.15) is 0 Å². The molecule has 2 heterocycles. The fourth-order valence-corrected chi connectivity index (χ4v) is 2.91. The van der Waals surface area contributed by atoms with E-state index in [-0.39, 0.29) is 6.04 Å². The van der Waals surface area contributed by atoms with E-state index in [2.05, 4.69) is 17.2 Å². The topological polar surface area (TPSA) is 34.1 Å². The lowest BCUT2D eigenvalue weighted by molar-refractivity contribution is 0.101. The zero-order valence-corrected chi connectivity index (χ0v) is 12.3. The van der Waals surface area contributed by atoms with E-state index in [0.29, 0.717) is 6.10 Å². The van der Waals surface area contributed by atoms with Gasteiger partial charge in [0.25, 0.3) is 0 Å². The van der Waals surface area contributed by atoms with Crippen LogP contribution in [0.25, 0.3) is 0 Å². The van der Waals surface area contributed by atoms with E-state index in [1.54, 1.807) is 0 Å². The summed E-state index contributed by atoms with van der Waals surface area (Å²) in [5, 5.41) is 4.23. The highest BCUT2D eigenvalue weighted by Crippen LogP contribution is 2.26. The Balaban J connectivity index is 1.87. The minimum Gasteiger partial charge on any atom is -0.378 e. The average Bonchev–Trinajstić information content (AvgIpc) is 2.92. The van der Waals surface area contributed by atoms with Crippen LogP contribution in [0.15, 0.2) is 18.3 Å². The van der Waals surface area contributed by atoms with Crippen LogP contribution in [0.4, 0.5) is 0 Å². The predicted molar refractivity (Wildman–Crippen MR) is 78.5 cm³/mol. The minimum absolute atomic E-state index is 0.250. The maximum atomic E-state index is 6.23. The number of hydrogen-bond donors (Lipinski definition) is 1. The van der Waals surface area contributed by atoms with Crippen molar-refractivity contribution in [2.24, 2.45) is 0 Å². The largest absolute Gasteiger partial charge is 0.378 e. The van der Waals surface area contributed by atoms with Crippen LogP contribution in [0.3, 0.4) is 0 Å². The number of pyridine rings is 1. The summed E-state index contributed by atoms with van der Waals surface area (Å²) in [6.45, 7) is 3.98. The Kier molecular flexibility index (Phi) is 6.08. The third-order valence-electron chi connectivity index (χ3n) is 3.61. The minimum atomic E-state index is 0.250. The zero-order valence-electron chi connectivity index (χ0n) is 11.6. The summed E-state index contributed by atoms with van der Waals surface area (Å²) in [6.07, 6.45) is 8.07. The summed E-state index contributed by atoms with van der Waals surface area (Å²) >= 11 is 6.23. The lowest BCUT2D eigenvalue weighted by Gasteiger charge is -2.19. The highest BCUT2D eigenvalue weighted by Gasteiger charge is 2.18. The average molecular weight is 283 g/mol. The number of hydrogen-bond acceptors (Lipinski definition) is 3. The van der Waals surface area contributed by atoms with Gasteiger partial charge in [-0.05, 0) is 50.8 Å². The molecule has 1 aromatic heterocycles. The molecule has 4 heteroatoms. The van der Waals surface area contributed by atoms with Gasteiger partial charge in [-0.1, -0.05) is 18.5 Å². The van der Waals surface area contributed by atoms with E-state index < -0.39 is 0 Å². The normalized spacial score (nSPS) is 20.6. The van der Waals surface area contributed by atoms with E-state index in [9.17, 15) is 0 Å². The van der Waals surface area contributed by atoms with Crippen molar-refractivity contribution >= 4 is 11.6 Å². The first-order valence-electron chi connectivity index (χ1n) is 7.26. The van der Waals surface area contributed by atoms with E-state index in [0.717, 1.165) is 43.1 Å². The summed E-state index contributed by atoms with van der Waals surface area (Å²) < 4.78 is 5.66. The highest BCUT2D eigenvalue weighted by atomic mass is 35.5. The van der Waals surface area contributed by atoms with Crippen LogP contribution >= 0.6 is 11.6 Å². The Morgan fingerprint density at radius 2 is 2.47 bits per heavy atom. The van der Waals surface area contributed by atoms with Gasteiger partial charge in [-0.15, -0.1) is 0 Å². The number of nitrogens with one attached hydrogen (secondary N) is 1. The quantitative estimate of drug-likeness (QED) is 0.827. The molecule has 0 bridgehead atoms. The van der Waals surface area contributed by atoms with Gasteiger partial charge in [0.2, 0.25) is 0 Å². The molecule has 106 valence electrons. The Hall–Kier alpha value is -0.640. The lowest BCUT2D eigenvalue weighted by Crippen LogP contribution is -2.22. The fraction of sp³-hybridized carbons (Fsp3) is 0.667. The standard InChI is InChI=1S/C15H23ClN2O/c1-2-17-14(15-13(16)8-4-10-18-15)9-3-6-12-7-5-11-19-12/h4,8,10,12,14,17H,2-3,5-7,9,11H2,1H3. The van der Waals surface area contributed by atoms with Gasteiger partial charge < -0.3 is 10.1 Å². The predicted octanol–water partition coefficient (Wildman–Crippen LogP) is 3.73. The van der Waals surface area contributed by atoms with Crippen molar-refractivity contribution in [3.05, 3.63) is 29.0 Å². The molecule has 2 rings (SSSR count). The van der Waals surface area contributed by atoms with Gasteiger partial charge in [-0.2, -0.15) is 0 Å². The molecule has 0 aromatic carbocycles. The van der Waals surface area contributed by atoms with Gasteiger partial charge in [-0.25, -0.2) is 0 Å². The summed E-state index contributed by atoms with van der Waals surface area (Å²) in [5.41, 5.74) is 0.971. The Bertz CT molecular complexity index is 380. The van der Waals surface area contributed by atoms with Crippen molar-refractivity contribution in [2.45, 2.75) is 51.2 Å². The second-order valence-electron chi connectivity index (χ2n) is 5.05. The third kappa shape index (κ3) is 4.44. The van der Waals surface area contributed by atoms with E-state index in [1.165, 1.54) is 12.8 Å². The number of rotatable bonds is 7. The maximum absolute atomic E-state index is 6.23. The molecule has 0 spiro atoms. The molecule has 0 amide bonds. The van der Waals surface area contributed by atoms with E-state index in [4.69, 9.17) is 16.3 Å². The molecule has 19 heavy (non-hydrogen) atoms. The first-order valence-corrected chi connectivity index (χ1v) is 7.64. The van der Waals surface area contributed by atoms with Gasteiger partial charge in [0.15, 0.2) is 0 Å². The highest BCUT2D eigenvalue weighted by molar-refractivity contribution is 6.31. The molecule has 2 unspecified atom stereocenters. The smallest absolute Gasteiger partial charge is 0.0758 e. The summed E-state index contributed by atoms with van der Waals surface area (Å²) in [7, 11) is 0. The molecule has 1 aliphatic heterocycles. The number of ether oxygens (including phenoxy) is 1. The van der Waals surface area contributed by atoms with Crippen LogP contribution in [-0.4, -0.2) is 24.2 Å². The van der Waals surface area contributed by atoms with Crippen molar-refractivity contribution in [3.8, 4) is 0 Å². The number of halogens is 1.